The Morgan fingerprint density at radius 2 is 1.90 bits per heavy atom. The van der Waals surface area contributed by atoms with Gasteiger partial charge in [0, 0.05) is 32.3 Å². The Bertz CT molecular complexity index is 1340. The van der Waals surface area contributed by atoms with Crippen LogP contribution in [0, 0.1) is 24.2 Å². The number of rotatable bonds is 10. The Kier molecular flexibility index (Phi) is 10.0. The summed E-state index contributed by atoms with van der Waals surface area (Å²) < 4.78 is 7.41. The number of hydrogen-bond acceptors (Lipinski definition) is 7. The van der Waals surface area contributed by atoms with Crippen molar-refractivity contribution in [3.63, 3.8) is 0 Å². The Morgan fingerprint density at radius 3 is 2.54 bits per heavy atom. The lowest BCUT2D eigenvalue weighted by atomic mass is 9.90. The van der Waals surface area contributed by atoms with Crippen molar-refractivity contribution >= 4 is 46.1 Å². The summed E-state index contributed by atoms with van der Waals surface area (Å²) in [4.78, 5) is 31.2. The predicted molar refractivity (Wildman–Crippen MR) is 162 cm³/mol. The summed E-state index contributed by atoms with van der Waals surface area (Å²) in [6, 6.07) is 12.7. The van der Waals surface area contributed by atoms with E-state index in [0.717, 1.165) is 56.6 Å². The largest absolute Gasteiger partial charge is 0.383 e. The molecule has 0 atom stereocenters. The second-order valence-corrected chi connectivity index (χ2v) is 11.8. The number of methoxy groups -OCH3 is 1. The predicted octanol–water partition coefficient (Wildman–Crippen LogP) is 5.14. The number of carbonyl (C=O) groups is 1. The van der Waals surface area contributed by atoms with Gasteiger partial charge in [0.2, 0.25) is 0 Å². The molecule has 39 heavy (non-hydrogen) atoms. The first-order chi connectivity index (χ1) is 18.9. The van der Waals surface area contributed by atoms with Crippen LogP contribution < -0.4 is 10.5 Å². The Morgan fingerprint density at radius 1 is 1.18 bits per heavy atom. The van der Waals surface area contributed by atoms with E-state index in [4.69, 9.17) is 17.0 Å². The van der Waals surface area contributed by atoms with Crippen LogP contribution in [0.2, 0.25) is 0 Å². The number of nitriles is 1. The van der Waals surface area contributed by atoms with E-state index >= 15 is 0 Å². The minimum absolute atomic E-state index is 0.134. The van der Waals surface area contributed by atoms with Gasteiger partial charge in [0.1, 0.15) is 21.8 Å². The van der Waals surface area contributed by atoms with Crippen molar-refractivity contribution < 1.29 is 9.53 Å². The summed E-state index contributed by atoms with van der Waals surface area (Å²) in [5, 5.41) is 9.93. The molecule has 2 aliphatic heterocycles. The van der Waals surface area contributed by atoms with Crippen molar-refractivity contribution in [1.82, 2.24) is 9.47 Å². The Hall–Kier alpha value is -2.93. The van der Waals surface area contributed by atoms with E-state index in [1.165, 1.54) is 17.3 Å². The number of thiocarbonyl (C=S) groups is 1. The lowest BCUT2D eigenvalue weighted by Crippen LogP contribution is -2.40. The molecular weight excluding hydrogens is 528 g/mol. The number of piperidine rings is 1. The fraction of sp³-hybridized carbons (Fsp3) is 0.467. The van der Waals surface area contributed by atoms with Crippen LogP contribution in [0.25, 0.3) is 6.08 Å². The second-order valence-electron chi connectivity index (χ2n) is 10.1. The van der Waals surface area contributed by atoms with Crippen molar-refractivity contribution in [1.29, 1.82) is 5.26 Å². The summed E-state index contributed by atoms with van der Waals surface area (Å²) in [5.41, 5.74) is 2.60. The zero-order valence-corrected chi connectivity index (χ0v) is 24.6. The van der Waals surface area contributed by atoms with Crippen LogP contribution in [0.4, 0.5) is 5.82 Å². The van der Waals surface area contributed by atoms with Gasteiger partial charge in [-0.3, -0.25) is 19.1 Å². The molecule has 2 fully saturated rings. The highest BCUT2D eigenvalue weighted by molar-refractivity contribution is 8.26. The molecule has 0 bridgehead atoms. The van der Waals surface area contributed by atoms with Gasteiger partial charge >= 0.3 is 0 Å². The molecule has 1 aromatic carbocycles. The first-order valence-corrected chi connectivity index (χ1v) is 14.8. The van der Waals surface area contributed by atoms with E-state index < -0.39 is 0 Å². The molecular formula is C30H36N4O3S2. The molecule has 1 amide bonds. The average Bonchev–Trinajstić information content (AvgIpc) is 3.21. The first kappa shape index (κ1) is 29.1. The number of carbonyl (C=O) groups excluding carboxylic acids is 1. The molecule has 0 spiro atoms. The van der Waals surface area contributed by atoms with Gasteiger partial charge in [-0.1, -0.05) is 67.7 Å². The fourth-order valence-corrected chi connectivity index (χ4v) is 6.60. The van der Waals surface area contributed by atoms with Crippen LogP contribution in [-0.4, -0.2) is 53.0 Å². The molecule has 7 nitrogen and oxygen atoms in total. The first-order valence-electron chi connectivity index (χ1n) is 13.6. The summed E-state index contributed by atoms with van der Waals surface area (Å²) >= 11 is 6.75. The van der Waals surface area contributed by atoms with Crippen LogP contribution in [0.5, 0.6) is 0 Å². The van der Waals surface area contributed by atoms with Crippen LogP contribution in [-0.2, 0) is 22.5 Å². The molecule has 3 heterocycles. The summed E-state index contributed by atoms with van der Waals surface area (Å²) in [6.45, 7) is 6.83. The van der Waals surface area contributed by atoms with Crippen LogP contribution in [0.1, 0.15) is 54.9 Å². The number of ether oxygens (including phenoxy) is 1. The van der Waals surface area contributed by atoms with Gasteiger partial charge in [-0.2, -0.15) is 5.26 Å². The standard InChI is InChI=1S/C30H36N4O3S2/c1-4-5-13-33-27(32-14-11-23(12-15-32)18-22-9-7-6-8-10-22)24(21(2)25(20-31)28(33)35)19-26-29(36)34(16-17-37-3)30(38)39-26/h6-10,19,23H,4-5,11-18H2,1-3H3/b26-19+. The molecule has 0 aliphatic carbocycles. The number of aromatic nitrogens is 1. The number of unbranched alkanes of at least 4 members (excludes halogenated alkanes) is 1. The van der Waals surface area contributed by atoms with Gasteiger partial charge in [-0.05, 0) is 55.7 Å². The monoisotopic (exact) mass is 564 g/mol. The Labute approximate surface area is 240 Å². The molecule has 0 unspecified atom stereocenters. The smallest absolute Gasteiger partial charge is 0.270 e. The van der Waals surface area contributed by atoms with E-state index in [1.54, 1.807) is 16.6 Å². The maximum absolute atomic E-state index is 13.5. The minimum Gasteiger partial charge on any atom is -0.383 e. The Balaban J connectivity index is 1.73. The number of amides is 1. The number of thioether (sulfide) groups is 1. The van der Waals surface area contributed by atoms with E-state index in [2.05, 4.69) is 42.2 Å². The van der Waals surface area contributed by atoms with E-state index in [1.807, 2.05) is 19.1 Å². The lowest BCUT2D eigenvalue weighted by molar-refractivity contribution is -0.122. The number of pyridine rings is 1. The molecule has 2 aromatic rings. The highest BCUT2D eigenvalue weighted by Crippen LogP contribution is 2.37. The summed E-state index contributed by atoms with van der Waals surface area (Å²) in [5.74, 6) is 1.21. The third-order valence-corrected chi connectivity index (χ3v) is 8.91. The number of nitrogens with zero attached hydrogens (tertiary/aromatic N) is 4. The van der Waals surface area contributed by atoms with Gasteiger partial charge in [-0.25, -0.2) is 0 Å². The maximum atomic E-state index is 13.5. The quantitative estimate of drug-likeness (QED) is 0.292. The van der Waals surface area contributed by atoms with Crippen molar-refractivity contribution in [2.45, 2.75) is 52.5 Å². The van der Waals surface area contributed by atoms with Crippen molar-refractivity contribution in [3.05, 3.63) is 67.8 Å². The normalized spacial score (nSPS) is 17.3. The molecule has 2 saturated heterocycles. The van der Waals surface area contributed by atoms with Gasteiger partial charge < -0.3 is 9.64 Å². The molecule has 4 rings (SSSR count). The van der Waals surface area contributed by atoms with Gasteiger partial charge in [-0.15, -0.1) is 0 Å². The van der Waals surface area contributed by atoms with E-state index in [0.29, 0.717) is 40.4 Å². The molecule has 0 N–H and O–H groups in total. The molecule has 2 aliphatic rings. The third kappa shape index (κ3) is 6.46. The molecule has 9 heteroatoms. The van der Waals surface area contributed by atoms with Crippen LogP contribution >= 0.6 is 24.0 Å². The highest BCUT2D eigenvalue weighted by Gasteiger charge is 2.33. The highest BCUT2D eigenvalue weighted by atomic mass is 32.2. The zero-order chi connectivity index (χ0) is 27.9. The zero-order valence-electron chi connectivity index (χ0n) is 22.9. The SMILES string of the molecule is CCCCn1c(N2CCC(Cc3ccccc3)CC2)c(/C=C2/SC(=S)N(CCOC)C2=O)c(C)c(C#N)c1=O. The van der Waals surface area contributed by atoms with Crippen molar-refractivity contribution in [3.8, 4) is 6.07 Å². The van der Waals surface area contributed by atoms with Crippen molar-refractivity contribution in [2.75, 3.05) is 38.3 Å². The van der Waals surface area contributed by atoms with Gasteiger partial charge in [0.25, 0.3) is 11.5 Å². The second kappa shape index (κ2) is 13.4. The summed E-state index contributed by atoms with van der Waals surface area (Å²) in [6.07, 6.45) is 6.65. The lowest BCUT2D eigenvalue weighted by Gasteiger charge is -2.36. The molecule has 206 valence electrons. The molecule has 0 radical (unpaired) electrons. The van der Waals surface area contributed by atoms with E-state index in [9.17, 15) is 14.9 Å². The minimum atomic E-state index is -0.255. The van der Waals surface area contributed by atoms with Crippen molar-refractivity contribution in [2.24, 2.45) is 5.92 Å². The van der Waals surface area contributed by atoms with E-state index in [-0.39, 0.29) is 17.0 Å². The van der Waals surface area contributed by atoms with Crippen LogP contribution in [0.15, 0.2) is 40.0 Å². The third-order valence-electron chi connectivity index (χ3n) is 7.53. The molecule has 0 saturated carbocycles. The van der Waals surface area contributed by atoms with Gasteiger partial charge in [0.15, 0.2) is 0 Å². The fourth-order valence-electron chi connectivity index (χ4n) is 5.31. The van der Waals surface area contributed by atoms with Gasteiger partial charge in [0.05, 0.1) is 18.1 Å². The number of hydrogen-bond donors (Lipinski definition) is 0. The maximum Gasteiger partial charge on any atom is 0.270 e. The topological polar surface area (TPSA) is 78.6 Å². The number of anilines is 1. The molecule has 1 aromatic heterocycles. The summed E-state index contributed by atoms with van der Waals surface area (Å²) in [7, 11) is 1.59. The average molecular weight is 565 g/mol. The van der Waals surface area contributed by atoms with Crippen LogP contribution in [0.3, 0.4) is 0 Å². The number of benzene rings is 1.